The molecule has 0 radical (unpaired) electrons. The van der Waals surface area contributed by atoms with E-state index < -0.39 is 0 Å². The monoisotopic (exact) mass is 420 g/mol. The number of benzene rings is 3. The first-order valence-electron chi connectivity index (χ1n) is 9.61. The third-order valence-electron chi connectivity index (χ3n) is 5.06. The fourth-order valence-corrected chi connectivity index (χ4v) is 4.00. The van der Waals surface area contributed by atoms with E-state index in [0.717, 1.165) is 37.3 Å². The summed E-state index contributed by atoms with van der Waals surface area (Å²) in [4.78, 5) is 4.67. The number of halogens is 2. The summed E-state index contributed by atoms with van der Waals surface area (Å²) in [5.74, 6) is 6.61. The molecule has 2 nitrogen and oxygen atoms in total. The van der Waals surface area contributed by atoms with Crippen molar-refractivity contribution in [2.75, 3.05) is 18.6 Å². The summed E-state index contributed by atoms with van der Waals surface area (Å²) in [5.41, 5.74) is 6.03. The van der Waals surface area contributed by atoms with E-state index in [4.69, 9.17) is 23.2 Å². The quantitative estimate of drug-likeness (QED) is 0.479. The molecule has 0 spiro atoms. The van der Waals surface area contributed by atoms with Gasteiger partial charge >= 0.3 is 0 Å². The Kier molecular flexibility index (Phi) is 6.11. The van der Waals surface area contributed by atoms with Gasteiger partial charge in [0.05, 0.1) is 16.7 Å². The molecule has 0 unspecified atom stereocenters. The van der Waals surface area contributed by atoms with Crippen molar-refractivity contribution in [3.8, 4) is 11.8 Å². The second-order valence-electron chi connectivity index (χ2n) is 7.38. The van der Waals surface area contributed by atoms with E-state index in [0.29, 0.717) is 10.0 Å². The standard InChI is InChI=1S/C25H22Cl2N2/c1-28-18-29(16-21-10-12-23(26)24(27)15-21)17-22-14-20(11-13-25(22)28)9-5-8-19-6-3-2-4-7-19/h2-4,6-7,10-15H,8,16-18H2,1H3. The molecule has 3 aromatic carbocycles. The maximum Gasteiger partial charge on any atom is 0.0709 e. The molecule has 0 atom stereocenters. The summed E-state index contributed by atoms with van der Waals surface area (Å²) in [6, 6.07) is 22.7. The predicted octanol–water partition coefficient (Wildman–Crippen LogP) is 6.00. The molecule has 1 aliphatic heterocycles. The van der Waals surface area contributed by atoms with Gasteiger partial charge in [-0.3, -0.25) is 4.90 Å². The Bertz CT molecular complexity index is 1070. The van der Waals surface area contributed by atoms with Crippen LogP contribution in [0.2, 0.25) is 10.0 Å². The normalized spacial score (nSPS) is 13.6. The maximum absolute atomic E-state index is 6.18. The molecule has 1 aliphatic rings. The van der Waals surface area contributed by atoms with Gasteiger partial charge in [0, 0.05) is 37.8 Å². The second-order valence-corrected chi connectivity index (χ2v) is 8.20. The van der Waals surface area contributed by atoms with Crippen molar-refractivity contribution in [1.82, 2.24) is 4.90 Å². The lowest BCUT2D eigenvalue weighted by Crippen LogP contribution is -2.39. The summed E-state index contributed by atoms with van der Waals surface area (Å²) < 4.78 is 0. The van der Waals surface area contributed by atoms with Gasteiger partial charge in [0.2, 0.25) is 0 Å². The van der Waals surface area contributed by atoms with Crippen molar-refractivity contribution in [1.29, 1.82) is 0 Å². The Morgan fingerprint density at radius 3 is 2.52 bits per heavy atom. The third kappa shape index (κ3) is 4.95. The van der Waals surface area contributed by atoms with Crippen molar-refractivity contribution in [2.45, 2.75) is 19.5 Å². The van der Waals surface area contributed by atoms with Crippen LogP contribution in [0.15, 0.2) is 66.7 Å². The van der Waals surface area contributed by atoms with E-state index in [9.17, 15) is 0 Å². The molecule has 0 saturated heterocycles. The molecule has 4 heteroatoms. The molecular formula is C25H22Cl2N2. The fraction of sp³-hybridized carbons (Fsp3) is 0.200. The van der Waals surface area contributed by atoms with Gasteiger partial charge in [-0.25, -0.2) is 0 Å². The molecule has 0 saturated carbocycles. The van der Waals surface area contributed by atoms with Crippen LogP contribution < -0.4 is 4.90 Å². The van der Waals surface area contributed by atoms with Crippen molar-refractivity contribution >= 4 is 28.9 Å². The molecule has 3 aromatic rings. The zero-order valence-electron chi connectivity index (χ0n) is 16.3. The minimum atomic E-state index is 0.593. The topological polar surface area (TPSA) is 6.48 Å². The van der Waals surface area contributed by atoms with Gasteiger partial charge < -0.3 is 4.90 Å². The highest BCUT2D eigenvalue weighted by Gasteiger charge is 2.20. The molecule has 29 heavy (non-hydrogen) atoms. The number of hydrogen-bond donors (Lipinski definition) is 0. The first-order chi connectivity index (χ1) is 14.1. The lowest BCUT2D eigenvalue weighted by Gasteiger charge is -2.36. The van der Waals surface area contributed by atoms with E-state index in [1.165, 1.54) is 16.8 Å². The number of anilines is 1. The van der Waals surface area contributed by atoms with Crippen LogP contribution in [0, 0.1) is 11.8 Å². The van der Waals surface area contributed by atoms with Gasteiger partial charge in [0.1, 0.15) is 0 Å². The van der Waals surface area contributed by atoms with Gasteiger partial charge in [-0.2, -0.15) is 0 Å². The fourth-order valence-electron chi connectivity index (χ4n) is 3.68. The lowest BCUT2D eigenvalue weighted by molar-refractivity contribution is 0.248. The van der Waals surface area contributed by atoms with Gasteiger partial charge in [-0.05, 0) is 47.0 Å². The van der Waals surface area contributed by atoms with Gasteiger partial charge in [0.15, 0.2) is 0 Å². The molecule has 0 N–H and O–H groups in total. The largest absolute Gasteiger partial charge is 0.361 e. The number of nitrogens with zero attached hydrogens (tertiary/aromatic N) is 2. The smallest absolute Gasteiger partial charge is 0.0709 e. The molecule has 146 valence electrons. The third-order valence-corrected chi connectivity index (χ3v) is 5.79. The van der Waals surface area contributed by atoms with Crippen LogP contribution in [0.3, 0.4) is 0 Å². The number of fused-ring (bicyclic) bond motifs is 1. The summed E-state index contributed by atoms with van der Waals surface area (Å²) in [7, 11) is 2.13. The summed E-state index contributed by atoms with van der Waals surface area (Å²) >= 11 is 12.2. The highest BCUT2D eigenvalue weighted by atomic mass is 35.5. The Labute approximate surface area is 182 Å². The van der Waals surface area contributed by atoms with Gasteiger partial charge in [0.25, 0.3) is 0 Å². The first kappa shape index (κ1) is 19.9. The minimum absolute atomic E-state index is 0.593. The SMILES string of the molecule is CN1CN(Cc2ccc(Cl)c(Cl)c2)Cc2cc(C#CCc3ccccc3)ccc21. The van der Waals surface area contributed by atoms with E-state index in [2.05, 4.69) is 59.0 Å². The maximum atomic E-state index is 6.18. The zero-order chi connectivity index (χ0) is 20.2. The average molecular weight is 421 g/mol. The lowest BCUT2D eigenvalue weighted by atomic mass is 10.0. The highest BCUT2D eigenvalue weighted by Crippen LogP contribution is 2.29. The van der Waals surface area contributed by atoms with Crippen molar-refractivity contribution < 1.29 is 0 Å². The van der Waals surface area contributed by atoms with E-state index in [1.807, 2.05) is 36.4 Å². The first-order valence-corrected chi connectivity index (χ1v) is 10.4. The summed E-state index contributed by atoms with van der Waals surface area (Å²) in [6.07, 6.45) is 0.765. The van der Waals surface area contributed by atoms with Crippen molar-refractivity contribution in [3.05, 3.63) is 99.0 Å². The molecule has 0 amide bonds. The molecule has 0 bridgehead atoms. The molecule has 0 aliphatic carbocycles. The molecular weight excluding hydrogens is 399 g/mol. The molecule has 0 aromatic heterocycles. The Morgan fingerprint density at radius 2 is 1.72 bits per heavy atom. The number of rotatable bonds is 3. The molecule has 0 fully saturated rings. The Hall–Kier alpha value is -2.44. The zero-order valence-corrected chi connectivity index (χ0v) is 17.8. The summed E-state index contributed by atoms with van der Waals surface area (Å²) in [5, 5.41) is 1.20. The van der Waals surface area contributed by atoms with Crippen molar-refractivity contribution in [3.63, 3.8) is 0 Å². The second kappa shape index (κ2) is 8.93. The summed E-state index contributed by atoms with van der Waals surface area (Å²) in [6.45, 7) is 2.57. The van der Waals surface area contributed by atoms with Gasteiger partial charge in [-0.1, -0.05) is 71.4 Å². The van der Waals surface area contributed by atoms with E-state index >= 15 is 0 Å². The van der Waals surface area contributed by atoms with E-state index in [-0.39, 0.29) is 0 Å². The Balaban J connectivity index is 1.48. The minimum Gasteiger partial charge on any atom is -0.361 e. The van der Waals surface area contributed by atoms with Crippen LogP contribution >= 0.6 is 23.2 Å². The van der Waals surface area contributed by atoms with Crippen LogP contribution in [-0.4, -0.2) is 18.6 Å². The number of hydrogen-bond acceptors (Lipinski definition) is 2. The predicted molar refractivity (Wildman–Crippen MR) is 122 cm³/mol. The van der Waals surface area contributed by atoms with Crippen LogP contribution in [0.25, 0.3) is 0 Å². The van der Waals surface area contributed by atoms with Crippen molar-refractivity contribution in [2.24, 2.45) is 0 Å². The Morgan fingerprint density at radius 1 is 0.897 bits per heavy atom. The van der Waals surface area contributed by atoms with Crippen LogP contribution in [0.4, 0.5) is 5.69 Å². The molecule has 1 heterocycles. The highest BCUT2D eigenvalue weighted by molar-refractivity contribution is 6.42. The molecule has 4 rings (SSSR count). The van der Waals surface area contributed by atoms with Crippen LogP contribution in [0.1, 0.15) is 22.3 Å². The van der Waals surface area contributed by atoms with E-state index in [1.54, 1.807) is 0 Å². The van der Waals surface area contributed by atoms with Crippen LogP contribution in [-0.2, 0) is 19.5 Å². The van der Waals surface area contributed by atoms with Crippen LogP contribution in [0.5, 0.6) is 0 Å². The van der Waals surface area contributed by atoms with Gasteiger partial charge in [-0.15, -0.1) is 0 Å². The average Bonchev–Trinajstić information content (AvgIpc) is 2.71.